The van der Waals surface area contributed by atoms with Gasteiger partial charge in [0.05, 0.1) is 0 Å². The van der Waals surface area contributed by atoms with E-state index < -0.39 is 0 Å². The lowest BCUT2D eigenvalue weighted by atomic mass is 9.66. The summed E-state index contributed by atoms with van der Waals surface area (Å²) in [5, 5.41) is 7.17. The van der Waals surface area contributed by atoms with E-state index in [4.69, 9.17) is 17.2 Å². The average molecular weight is 477 g/mol. The number of amidine groups is 1. The summed E-state index contributed by atoms with van der Waals surface area (Å²) in [6.07, 6.45) is 4.22. The van der Waals surface area contributed by atoms with Crippen molar-refractivity contribution in [1.82, 2.24) is 0 Å². The van der Waals surface area contributed by atoms with Crippen LogP contribution in [0.5, 0.6) is 0 Å². The number of aliphatic imine (C=N–C) groups is 1. The normalized spacial score (nSPS) is 22.6. The Morgan fingerprint density at radius 3 is 2.18 bits per heavy atom. The molecule has 1 saturated carbocycles. The number of anilines is 3. The topological polar surface area (TPSA) is 56.7 Å². The summed E-state index contributed by atoms with van der Waals surface area (Å²) in [5.41, 5.74) is 5.28. The molecular formula is C28H36N4OS. The fraction of sp³-hybridized carbons (Fsp3) is 0.464. The number of nitrogens with one attached hydrogen (secondary N) is 2. The molecule has 180 valence electrons. The summed E-state index contributed by atoms with van der Waals surface area (Å²) in [6, 6.07) is 14.3. The lowest BCUT2D eigenvalue weighted by molar-refractivity contribution is -0.114. The van der Waals surface area contributed by atoms with Crippen molar-refractivity contribution in [3.8, 4) is 0 Å². The van der Waals surface area contributed by atoms with Crippen LogP contribution in [0, 0.1) is 25.2 Å². The molecule has 2 aliphatic rings. The third kappa shape index (κ3) is 4.61. The maximum absolute atomic E-state index is 11.5. The lowest BCUT2D eigenvalue weighted by Crippen LogP contribution is -2.56. The molecule has 0 unspecified atom stereocenters. The Labute approximate surface area is 209 Å². The van der Waals surface area contributed by atoms with Gasteiger partial charge in [-0.3, -0.25) is 4.79 Å². The van der Waals surface area contributed by atoms with Gasteiger partial charge in [-0.05, 0) is 98.5 Å². The Morgan fingerprint density at radius 1 is 1.06 bits per heavy atom. The number of amides is 1. The Bertz CT molecular complexity index is 1100. The number of nitrogens with zero attached hydrogens (tertiary/aromatic N) is 2. The van der Waals surface area contributed by atoms with Crippen LogP contribution in [0.4, 0.5) is 17.1 Å². The van der Waals surface area contributed by atoms with Crippen molar-refractivity contribution in [2.75, 3.05) is 15.5 Å². The monoisotopic (exact) mass is 476 g/mol. The fourth-order valence-corrected chi connectivity index (χ4v) is 5.86. The van der Waals surface area contributed by atoms with E-state index in [2.05, 4.69) is 68.4 Å². The third-order valence-electron chi connectivity index (χ3n) is 7.48. The van der Waals surface area contributed by atoms with Crippen LogP contribution >= 0.6 is 12.2 Å². The highest BCUT2D eigenvalue weighted by atomic mass is 32.1. The van der Waals surface area contributed by atoms with Crippen molar-refractivity contribution in [2.24, 2.45) is 16.3 Å². The number of hydrogen-bond acceptors (Lipinski definition) is 3. The zero-order valence-electron chi connectivity index (χ0n) is 21.2. The highest BCUT2D eigenvalue weighted by molar-refractivity contribution is 7.80. The van der Waals surface area contributed by atoms with Crippen LogP contribution < -0.4 is 15.5 Å². The van der Waals surface area contributed by atoms with Gasteiger partial charge in [0, 0.05) is 24.0 Å². The van der Waals surface area contributed by atoms with Crippen LogP contribution in [-0.4, -0.2) is 22.4 Å². The van der Waals surface area contributed by atoms with E-state index in [1.165, 1.54) is 18.1 Å². The number of hydrogen-bond donors (Lipinski definition) is 2. The third-order valence-corrected chi connectivity index (χ3v) is 7.75. The largest absolute Gasteiger partial charge is 0.341 e. The number of para-hydroxylation sites is 1. The predicted molar refractivity (Wildman–Crippen MR) is 147 cm³/mol. The Balaban J connectivity index is 1.72. The summed E-state index contributed by atoms with van der Waals surface area (Å²) in [6.45, 7) is 12.8. The molecular weight excluding hydrogens is 440 g/mol. The van der Waals surface area contributed by atoms with Crippen LogP contribution in [0.2, 0.25) is 0 Å². The van der Waals surface area contributed by atoms with Gasteiger partial charge in [0.1, 0.15) is 11.4 Å². The van der Waals surface area contributed by atoms with E-state index in [1.807, 2.05) is 24.3 Å². The standard InChI is InChI=1S/C28H36N4OS/c1-18-8-7-9-19(2)24(18)30-25-28(16-14-21(15-17-28)27(4,5)6)32(26(34)31-25)23-12-10-22(11-13-23)29-20(3)33/h7-13,21H,14-17H2,1-6H3,(H,29,33)(H,30,31,34). The smallest absolute Gasteiger partial charge is 0.221 e. The minimum atomic E-state index is -0.303. The molecule has 1 aliphatic carbocycles. The number of benzene rings is 2. The van der Waals surface area contributed by atoms with Crippen molar-refractivity contribution < 1.29 is 4.79 Å². The number of thiocarbonyl (C=S) groups is 1. The zero-order valence-corrected chi connectivity index (χ0v) is 22.0. The Kier molecular flexibility index (Phi) is 6.56. The van der Waals surface area contributed by atoms with Gasteiger partial charge >= 0.3 is 0 Å². The van der Waals surface area contributed by atoms with Gasteiger partial charge in [-0.15, -0.1) is 0 Å². The van der Waals surface area contributed by atoms with Gasteiger partial charge in [0.2, 0.25) is 11.0 Å². The van der Waals surface area contributed by atoms with Gasteiger partial charge < -0.3 is 15.5 Å². The van der Waals surface area contributed by atoms with Crippen LogP contribution in [0.3, 0.4) is 0 Å². The fourth-order valence-electron chi connectivity index (χ4n) is 5.49. The number of carbonyl (C=O) groups is 1. The maximum Gasteiger partial charge on any atom is 0.221 e. The summed E-state index contributed by atoms with van der Waals surface area (Å²) in [5.74, 6) is 1.54. The first-order chi connectivity index (χ1) is 16.0. The molecule has 1 spiro atoms. The summed E-state index contributed by atoms with van der Waals surface area (Å²) in [4.78, 5) is 18.7. The molecule has 5 nitrogen and oxygen atoms in total. The summed E-state index contributed by atoms with van der Waals surface area (Å²) in [7, 11) is 0. The number of aryl methyl sites for hydroxylation is 2. The van der Waals surface area contributed by atoms with E-state index in [-0.39, 0.29) is 16.9 Å². The van der Waals surface area contributed by atoms with E-state index in [1.54, 1.807) is 0 Å². The highest BCUT2D eigenvalue weighted by Crippen LogP contribution is 2.48. The molecule has 0 atom stereocenters. The van der Waals surface area contributed by atoms with E-state index >= 15 is 0 Å². The zero-order chi connectivity index (χ0) is 24.7. The minimum Gasteiger partial charge on any atom is -0.341 e. The molecule has 1 heterocycles. The van der Waals surface area contributed by atoms with Gasteiger partial charge in [-0.25, -0.2) is 4.99 Å². The lowest BCUT2D eigenvalue weighted by Gasteiger charge is -2.47. The van der Waals surface area contributed by atoms with Crippen molar-refractivity contribution in [3.63, 3.8) is 0 Å². The molecule has 2 N–H and O–H groups in total. The molecule has 0 aromatic heterocycles. The molecule has 0 radical (unpaired) electrons. The molecule has 1 amide bonds. The molecule has 1 fully saturated rings. The molecule has 1 aliphatic heterocycles. The minimum absolute atomic E-state index is 0.0789. The van der Waals surface area contributed by atoms with Gasteiger partial charge in [-0.1, -0.05) is 39.0 Å². The first kappa shape index (κ1) is 24.4. The average Bonchev–Trinajstić information content (AvgIpc) is 3.01. The van der Waals surface area contributed by atoms with Gasteiger partial charge in [-0.2, -0.15) is 0 Å². The van der Waals surface area contributed by atoms with Crippen molar-refractivity contribution in [1.29, 1.82) is 0 Å². The van der Waals surface area contributed by atoms with Crippen LogP contribution in [-0.2, 0) is 4.79 Å². The SMILES string of the molecule is CC(=O)Nc1ccc(N2C(=S)N=C(Nc3c(C)cccc3C)C23CCC(C(C)(C)C)CC3)cc1. The first-order valence-electron chi connectivity index (χ1n) is 12.2. The van der Waals surface area contributed by atoms with Crippen molar-refractivity contribution in [2.45, 2.75) is 72.8 Å². The van der Waals surface area contributed by atoms with Crippen molar-refractivity contribution >= 4 is 46.1 Å². The van der Waals surface area contributed by atoms with Crippen LogP contribution in [0.25, 0.3) is 0 Å². The highest BCUT2D eigenvalue weighted by Gasteiger charge is 2.51. The van der Waals surface area contributed by atoms with Crippen molar-refractivity contribution in [3.05, 3.63) is 53.6 Å². The van der Waals surface area contributed by atoms with Crippen LogP contribution in [0.1, 0.15) is 64.5 Å². The Hall–Kier alpha value is -2.73. The Morgan fingerprint density at radius 2 is 1.65 bits per heavy atom. The number of rotatable bonds is 3. The molecule has 34 heavy (non-hydrogen) atoms. The van der Waals surface area contributed by atoms with E-state index in [0.29, 0.717) is 11.0 Å². The maximum atomic E-state index is 11.5. The molecule has 0 bridgehead atoms. The van der Waals surface area contributed by atoms with Crippen LogP contribution in [0.15, 0.2) is 47.5 Å². The molecule has 6 heteroatoms. The van der Waals surface area contributed by atoms with Gasteiger partial charge in [0.25, 0.3) is 0 Å². The second kappa shape index (κ2) is 9.14. The van der Waals surface area contributed by atoms with E-state index in [0.717, 1.165) is 48.6 Å². The second-order valence-electron chi connectivity index (χ2n) is 10.9. The molecule has 4 rings (SSSR count). The first-order valence-corrected chi connectivity index (χ1v) is 12.6. The summed E-state index contributed by atoms with van der Waals surface area (Å²) >= 11 is 5.87. The molecule has 2 aromatic carbocycles. The quantitative estimate of drug-likeness (QED) is 0.476. The predicted octanol–water partition coefficient (Wildman–Crippen LogP) is 6.85. The summed E-state index contributed by atoms with van der Waals surface area (Å²) < 4.78 is 0. The molecule has 0 saturated heterocycles. The second-order valence-corrected chi connectivity index (χ2v) is 11.2. The number of carbonyl (C=O) groups excluding carboxylic acids is 1. The molecule has 2 aromatic rings. The van der Waals surface area contributed by atoms with Gasteiger partial charge in [0.15, 0.2) is 0 Å². The van der Waals surface area contributed by atoms with E-state index in [9.17, 15) is 4.79 Å².